The summed E-state index contributed by atoms with van der Waals surface area (Å²) >= 11 is 0. The predicted molar refractivity (Wildman–Crippen MR) is 85.5 cm³/mol. The van der Waals surface area contributed by atoms with Crippen LogP contribution in [0.3, 0.4) is 0 Å². The minimum atomic E-state index is -0.666. The average Bonchev–Trinajstić information content (AvgIpc) is 2.91. The van der Waals surface area contributed by atoms with Crippen molar-refractivity contribution in [2.24, 2.45) is 11.8 Å². The van der Waals surface area contributed by atoms with E-state index in [9.17, 15) is 9.90 Å². The standard InChI is InChI=1S/C17H32N2O2/c1-3-5-14-7-11-19(12-8-14)13-9-15-6-4-10-17(15,18-2)16(20)21/h14-15,18H,3-13H2,1-2H3,(H,20,21). The van der Waals surface area contributed by atoms with E-state index in [1.54, 1.807) is 0 Å². The van der Waals surface area contributed by atoms with Crippen molar-refractivity contribution in [3.63, 3.8) is 0 Å². The number of piperidine rings is 1. The summed E-state index contributed by atoms with van der Waals surface area (Å²) in [5, 5.41) is 12.7. The van der Waals surface area contributed by atoms with Gasteiger partial charge in [0.15, 0.2) is 0 Å². The van der Waals surface area contributed by atoms with Gasteiger partial charge in [0.05, 0.1) is 0 Å². The summed E-state index contributed by atoms with van der Waals surface area (Å²) in [7, 11) is 1.81. The van der Waals surface area contributed by atoms with Crippen molar-refractivity contribution in [1.29, 1.82) is 0 Å². The van der Waals surface area contributed by atoms with E-state index in [2.05, 4.69) is 17.1 Å². The molecule has 2 aliphatic rings. The maximum absolute atomic E-state index is 11.7. The Hall–Kier alpha value is -0.610. The molecule has 0 spiro atoms. The first-order chi connectivity index (χ1) is 10.1. The summed E-state index contributed by atoms with van der Waals surface area (Å²) in [6.45, 7) is 5.75. The fourth-order valence-electron chi connectivity index (χ4n) is 4.43. The number of nitrogens with one attached hydrogen (secondary N) is 1. The number of carboxylic acid groups (broad SMARTS) is 1. The molecule has 0 bridgehead atoms. The Morgan fingerprint density at radius 1 is 1.29 bits per heavy atom. The van der Waals surface area contributed by atoms with Crippen molar-refractivity contribution >= 4 is 5.97 Å². The van der Waals surface area contributed by atoms with Gasteiger partial charge in [0.1, 0.15) is 5.54 Å². The Kier molecular flexibility index (Phi) is 6.06. The van der Waals surface area contributed by atoms with Crippen LogP contribution in [0.1, 0.15) is 58.3 Å². The zero-order chi connectivity index (χ0) is 15.3. The van der Waals surface area contributed by atoms with Gasteiger partial charge in [0, 0.05) is 0 Å². The van der Waals surface area contributed by atoms with Crippen molar-refractivity contribution in [2.45, 2.75) is 63.8 Å². The molecule has 2 rings (SSSR count). The van der Waals surface area contributed by atoms with Gasteiger partial charge in [-0.2, -0.15) is 0 Å². The Balaban J connectivity index is 1.79. The van der Waals surface area contributed by atoms with Gasteiger partial charge in [-0.1, -0.05) is 26.2 Å². The van der Waals surface area contributed by atoms with Crippen LogP contribution in [0.4, 0.5) is 0 Å². The molecule has 4 nitrogen and oxygen atoms in total. The highest BCUT2D eigenvalue weighted by atomic mass is 16.4. The lowest BCUT2D eigenvalue weighted by molar-refractivity contribution is -0.146. The molecular weight excluding hydrogens is 264 g/mol. The Morgan fingerprint density at radius 3 is 2.57 bits per heavy atom. The third-order valence-corrected chi connectivity index (χ3v) is 5.85. The van der Waals surface area contributed by atoms with Crippen molar-refractivity contribution in [2.75, 3.05) is 26.7 Å². The van der Waals surface area contributed by atoms with Crippen LogP contribution in [0.25, 0.3) is 0 Å². The number of likely N-dealkylation sites (tertiary alicyclic amines) is 1. The van der Waals surface area contributed by atoms with E-state index in [4.69, 9.17) is 0 Å². The van der Waals surface area contributed by atoms with Crippen molar-refractivity contribution < 1.29 is 9.90 Å². The molecule has 1 aliphatic carbocycles. The van der Waals surface area contributed by atoms with E-state index in [1.165, 1.54) is 38.8 Å². The van der Waals surface area contributed by atoms with E-state index >= 15 is 0 Å². The topological polar surface area (TPSA) is 52.6 Å². The Bertz CT molecular complexity index is 340. The molecule has 4 heteroatoms. The molecule has 2 unspecified atom stereocenters. The number of aliphatic carboxylic acids is 1. The molecule has 2 fully saturated rings. The van der Waals surface area contributed by atoms with Gasteiger partial charge in [-0.3, -0.25) is 4.79 Å². The van der Waals surface area contributed by atoms with Crippen LogP contribution in [-0.2, 0) is 4.79 Å². The SMILES string of the molecule is CCCC1CCN(CCC2CCCC2(NC)C(=O)O)CC1. The molecule has 2 atom stereocenters. The van der Waals surface area contributed by atoms with Crippen LogP contribution in [0.5, 0.6) is 0 Å². The quantitative estimate of drug-likeness (QED) is 0.758. The van der Waals surface area contributed by atoms with Crippen LogP contribution in [0.15, 0.2) is 0 Å². The molecule has 0 radical (unpaired) electrons. The van der Waals surface area contributed by atoms with E-state index < -0.39 is 11.5 Å². The van der Waals surface area contributed by atoms with Gasteiger partial charge >= 0.3 is 5.97 Å². The lowest BCUT2D eigenvalue weighted by atomic mass is 9.84. The second-order valence-corrected chi connectivity index (χ2v) is 6.98. The maximum atomic E-state index is 11.7. The first-order valence-electron chi connectivity index (χ1n) is 8.77. The third-order valence-electron chi connectivity index (χ3n) is 5.85. The fraction of sp³-hybridized carbons (Fsp3) is 0.941. The first-order valence-corrected chi connectivity index (χ1v) is 8.77. The van der Waals surface area contributed by atoms with E-state index in [0.29, 0.717) is 0 Å². The lowest BCUT2D eigenvalue weighted by Gasteiger charge is -2.35. The van der Waals surface area contributed by atoms with Gasteiger partial charge < -0.3 is 15.3 Å². The highest BCUT2D eigenvalue weighted by Crippen LogP contribution is 2.38. The molecule has 2 N–H and O–H groups in total. The van der Waals surface area contributed by atoms with Crippen LogP contribution in [0, 0.1) is 11.8 Å². The third kappa shape index (κ3) is 3.78. The van der Waals surface area contributed by atoms with Crippen molar-refractivity contribution in [3.8, 4) is 0 Å². The van der Waals surface area contributed by atoms with Crippen molar-refractivity contribution in [3.05, 3.63) is 0 Å². The van der Waals surface area contributed by atoms with Gasteiger partial charge in [-0.15, -0.1) is 0 Å². The number of rotatable bonds is 7. The number of likely N-dealkylation sites (N-methyl/N-ethyl adjacent to an activating group) is 1. The van der Waals surface area contributed by atoms with Gasteiger partial charge in [-0.05, 0) is 70.6 Å². The first kappa shape index (κ1) is 16.8. The molecule has 1 saturated heterocycles. The molecule has 0 aromatic carbocycles. The molecule has 1 heterocycles. The second-order valence-electron chi connectivity index (χ2n) is 6.98. The summed E-state index contributed by atoms with van der Waals surface area (Å²) in [6.07, 6.45) is 9.22. The second kappa shape index (κ2) is 7.59. The number of hydrogen-bond acceptors (Lipinski definition) is 3. The van der Waals surface area contributed by atoms with E-state index in [-0.39, 0.29) is 5.92 Å². The van der Waals surface area contributed by atoms with Crippen LogP contribution < -0.4 is 5.32 Å². The van der Waals surface area contributed by atoms with E-state index in [0.717, 1.165) is 38.1 Å². The summed E-state index contributed by atoms with van der Waals surface area (Å²) in [6, 6.07) is 0. The Morgan fingerprint density at radius 2 is 2.00 bits per heavy atom. The average molecular weight is 296 g/mol. The number of carbonyl (C=O) groups is 1. The normalized spacial score (nSPS) is 31.6. The maximum Gasteiger partial charge on any atom is 0.324 e. The summed E-state index contributed by atoms with van der Waals surface area (Å²) in [5.74, 6) is 0.552. The number of hydrogen-bond donors (Lipinski definition) is 2. The molecule has 0 amide bonds. The van der Waals surface area contributed by atoms with Gasteiger partial charge in [0.2, 0.25) is 0 Å². The number of nitrogens with zero attached hydrogens (tertiary/aromatic N) is 1. The summed E-state index contributed by atoms with van der Waals surface area (Å²) in [5.41, 5.74) is -0.666. The predicted octanol–water partition coefficient (Wildman–Crippen LogP) is 2.73. The molecule has 122 valence electrons. The minimum Gasteiger partial charge on any atom is -0.480 e. The Labute approximate surface area is 129 Å². The molecular formula is C17H32N2O2. The monoisotopic (exact) mass is 296 g/mol. The molecule has 0 aromatic rings. The van der Waals surface area contributed by atoms with Gasteiger partial charge in [0.25, 0.3) is 0 Å². The largest absolute Gasteiger partial charge is 0.480 e. The highest BCUT2D eigenvalue weighted by Gasteiger charge is 2.47. The minimum absolute atomic E-state index is 0.286. The van der Waals surface area contributed by atoms with Gasteiger partial charge in [-0.25, -0.2) is 0 Å². The van der Waals surface area contributed by atoms with Crippen LogP contribution >= 0.6 is 0 Å². The van der Waals surface area contributed by atoms with Crippen molar-refractivity contribution in [1.82, 2.24) is 10.2 Å². The zero-order valence-electron chi connectivity index (χ0n) is 13.7. The molecule has 1 aliphatic heterocycles. The number of carboxylic acids is 1. The molecule has 0 aromatic heterocycles. The smallest absolute Gasteiger partial charge is 0.324 e. The molecule has 21 heavy (non-hydrogen) atoms. The zero-order valence-corrected chi connectivity index (χ0v) is 13.7. The molecule has 1 saturated carbocycles. The summed E-state index contributed by atoms with van der Waals surface area (Å²) in [4.78, 5) is 14.2. The highest BCUT2D eigenvalue weighted by molar-refractivity contribution is 5.79. The fourth-order valence-corrected chi connectivity index (χ4v) is 4.43. The summed E-state index contributed by atoms with van der Waals surface area (Å²) < 4.78 is 0. The van der Waals surface area contributed by atoms with E-state index in [1.807, 2.05) is 7.05 Å². The van der Waals surface area contributed by atoms with Crippen LogP contribution in [0.2, 0.25) is 0 Å². The van der Waals surface area contributed by atoms with Crippen LogP contribution in [-0.4, -0.2) is 48.2 Å². The lowest BCUT2D eigenvalue weighted by Crippen LogP contribution is -2.53.